The molecule has 0 radical (unpaired) electrons. The molecule has 72 valence electrons. The highest BCUT2D eigenvalue weighted by atomic mass is 16.5. The number of esters is 1. The number of aromatic nitrogens is 1. The maximum Gasteiger partial charge on any atom is 0.337 e. The molecule has 0 atom stereocenters. The lowest BCUT2D eigenvalue weighted by Crippen LogP contribution is -2.00. The summed E-state index contributed by atoms with van der Waals surface area (Å²) >= 11 is 0. The van der Waals surface area contributed by atoms with Gasteiger partial charge in [0, 0.05) is 0 Å². The van der Waals surface area contributed by atoms with Crippen molar-refractivity contribution in [1.29, 1.82) is 0 Å². The van der Waals surface area contributed by atoms with Crippen LogP contribution in [0.15, 0.2) is 22.6 Å². The zero-order chi connectivity index (χ0) is 10.1. The molecule has 2 aromatic rings. The molecule has 5 heteroatoms. The summed E-state index contributed by atoms with van der Waals surface area (Å²) in [6.45, 7) is 0. The van der Waals surface area contributed by atoms with Gasteiger partial charge in [0.2, 0.25) is 0 Å². The van der Waals surface area contributed by atoms with Crippen LogP contribution in [-0.2, 0) is 4.74 Å². The molecule has 1 aromatic heterocycles. The summed E-state index contributed by atoms with van der Waals surface area (Å²) in [4.78, 5) is 15.0. The molecular weight excluding hydrogens is 184 g/mol. The fourth-order valence-corrected chi connectivity index (χ4v) is 1.19. The predicted molar refractivity (Wildman–Crippen MR) is 49.8 cm³/mol. The van der Waals surface area contributed by atoms with Gasteiger partial charge in [-0.05, 0) is 18.2 Å². The second-order valence-corrected chi connectivity index (χ2v) is 2.73. The first-order chi connectivity index (χ1) is 6.70. The van der Waals surface area contributed by atoms with Crippen molar-refractivity contribution in [3.63, 3.8) is 0 Å². The maximum absolute atomic E-state index is 11.1. The van der Waals surface area contributed by atoms with Crippen molar-refractivity contribution in [3.8, 4) is 0 Å². The Hall–Kier alpha value is -2.04. The third kappa shape index (κ3) is 1.28. The van der Waals surface area contributed by atoms with E-state index in [1.165, 1.54) is 7.11 Å². The number of nitrogens with two attached hydrogens (primary N) is 1. The largest absolute Gasteiger partial charge is 0.465 e. The van der Waals surface area contributed by atoms with Crippen LogP contribution in [0.1, 0.15) is 10.4 Å². The molecule has 0 amide bonds. The van der Waals surface area contributed by atoms with E-state index in [0.29, 0.717) is 16.7 Å². The quantitative estimate of drug-likeness (QED) is 0.686. The van der Waals surface area contributed by atoms with Gasteiger partial charge in [-0.1, -0.05) is 0 Å². The van der Waals surface area contributed by atoms with E-state index in [1.807, 2.05) is 0 Å². The van der Waals surface area contributed by atoms with Crippen LogP contribution in [0.2, 0.25) is 0 Å². The van der Waals surface area contributed by atoms with Crippen molar-refractivity contribution in [2.24, 2.45) is 0 Å². The number of nitrogens with zero attached hydrogens (tertiary/aromatic N) is 1. The number of carbonyl (C=O) groups excluding carboxylic acids is 1. The van der Waals surface area contributed by atoms with Crippen LogP contribution in [0.25, 0.3) is 11.1 Å². The number of oxazole rings is 1. The van der Waals surface area contributed by atoms with Gasteiger partial charge in [0.25, 0.3) is 6.01 Å². The number of hydrogen-bond donors (Lipinski definition) is 1. The van der Waals surface area contributed by atoms with E-state index < -0.39 is 5.97 Å². The van der Waals surface area contributed by atoms with Gasteiger partial charge in [0.05, 0.1) is 12.7 Å². The molecule has 1 heterocycles. The second-order valence-electron chi connectivity index (χ2n) is 2.73. The summed E-state index contributed by atoms with van der Waals surface area (Å²) in [6.07, 6.45) is 0. The van der Waals surface area contributed by atoms with E-state index in [9.17, 15) is 4.79 Å². The van der Waals surface area contributed by atoms with Crippen molar-refractivity contribution in [2.75, 3.05) is 12.8 Å². The number of benzene rings is 1. The van der Waals surface area contributed by atoms with Crippen LogP contribution >= 0.6 is 0 Å². The Kier molecular flexibility index (Phi) is 1.85. The lowest BCUT2D eigenvalue weighted by molar-refractivity contribution is 0.0601. The average Bonchev–Trinajstić information content (AvgIpc) is 2.55. The molecule has 0 saturated heterocycles. The van der Waals surface area contributed by atoms with Crippen molar-refractivity contribution in [3.05, 3.63) is 23.8 Å². The van der Waals surface area contributed by atoms with Crippen LogP contribution in [-0.4, -0.2) is 18.1 Å². The molecule has 2 N–H and O–H groups in total. The van der Waals surface area contributed by atoms with Crippen LogP contribution in [0.5, 0.6) is 0 Å². The van der Waals surface area contributed by atoms with Crippen molar-refractivity contribution >= 4 is 23.1 Å². The Morgan fingerprint density at radius 1 is 1.57 bits per heavy atom. The third-order valence-corrected chi connectivity index (χ3v) is 1.83. The summed E-state index contributed by atoms with van der Waals surface area (Å²) in [5.41, 5.74) is 6.87. The SMILES string of the molecule is COC(=O)c1ccc2nc(N)oc2c1. The number of rotatable bonds is 1. The maximum atomic E-state index is 11.1. The number of anilines is 1. The summed E-state index contributed by atoms with van der Waals surface area (Å²) in [6, 6.07) is 4.89. The van der Waals surface area contributed by atoms with Crippen LogP contribution < -0.4 is 5.73 Å². The molecule has 0 saturated carbocycles. The highest BCUT2D eigenvalue weighted by Crippen LogP contribution is 2.18. The third-order valence-electron chi connectivity index (χ3n) is 1.83. The first kappa shape index (κ1) is 8.55. The molecule has 1 aromatic carbocycles. The predicted octanol–water partition coefficient (Wildman–Crippen LogP) is 1.20. The average molecular weight is 192 g/mol. The Balaban J connectivity index is 2.55. The van der Waals surface area contributed by atoms with Crippen LogP contribution in [0, 0.1) is 0 Å². The summed E-state index contributed by atoms with van der Waals surface area (Å²) in [5.74, 6) is -0.415. The monoisotopic (exact) mass is 192 g/mol. The zero-order valence-corrected chi connectivity index (χ0v) is 7.48. The summed E-state index contributed by atoms with van der Waals surface area (Å²) in [7, 11) is 1.32. The van der Waals surface area contributed by atoms with Gasteiger partial charge < -0.3 is 14.9 Å². The van der Waals surface area contributed by atoms with Gasteiger partial charge in [-0.25, -0.2) is 4.79 Å². The Morgan fingerprint density at radius 2 is 2.36 bits per heavy atom. The normalized spacial score (nSPS) is 10.4. The van der Waals surface area contributed by atoms with Gasteiger partial charge in [0.15, 0.2) is 5.58 Å². The highest BCUT2D eigenvalue weighted by Gasteiger charge is 2.09. The van der Waals surface area contributed by atoms with Crippen molar-refractivity contribution < 1.29 is 13.9 Å². The molecule has 0 fully saturated rings. The minimum atomic E-state index is -0.415. The van der Waals surface area contributed by atoms with Gasteiger partial charge >= 0.3 is 5.97 Å². The number of carbonyl (C=O) groups is 1. The van der Waals surface area contributed by atoms with Gasteiger partial charge in [-0.3, -0.25) is 0 Å². The topological polar surface area (TPSA) is 78.3 Å². The molecule has 0 aliphatic heterocycles. The molecule has 0 aliphatic carbocycles. The van der Waals surface area contributed by atoms with E-state index >= 15 is 0 Å². The molecule has 0 spiro atoms. The van der Waals surface area contributed by atoms with E-state index in [4.69, 9.17) is 10.2 Å². The molecular formula is C9H8N2O3. The van der Waals surface area contributed by atoms with Crippen LogP contribution in [0.3, 0.4) is 0 Å². The van der Waals surface area contributed by atoms with E-state index in [0.717, 1.165) is 0 Å². The van der Waals surface area contributed by atoms with Gasteiger partial charge in [0.1, 0.15) is 5.52 Å². The van der Waals surface area contributed by atoms with Gasteiger partial charge in [-0.15, -0.1) is 0 Å². The second kappa shape index (κ2) is 3.02. The molecule has 2 rings (SSSR count). The van der Waals surface area contributed by atoms with E-state index in [1.54, 1.807) is 18.2 Å². The number of nitrogen functional groups attached to an aromatic ring is 1. The Labute approximate surface area is 79.5 Å². The Bertz CT molecular complexity index is 490. The fraction of sp³-hybridized carbons (Fsp3) is 0.111. The molecule has 0 aliphatic rings. The fourth-order valence-electron chi connectivity index (χ4n) is 1.19. The zero-order valence-electron chi connectivity index (χ0n) is 7.48. The first-order valence-electron chi connectivity index (χ1n) is 3.95. The smallest absolute Gasteiger partial charge is 0.337 e. The minimum absolute atomic E-state index is 0.0852. The van der Waals surface area contributed by atoms with E-state index in [2.05, 4.69) is 9.72 Å². The number of hydrogen-bond acceptors (Lipinski definition) is 5. The van der Waals surface area contributed by atoms with Crippen LogP contribution in [0.4, 0.5) is 6.01 Å². The molecule has 5 nitrogen and oxygen atoms in total. The number of fused-ring (bicyclic) bond motifs is 1. The van der Waals surface area contributed by atoms with Crippen molar-refractivity contribution in [2.45, 2.75) is 0 Å². The summed E-state index contributed by atoms with van der Waals surface area (Å²) < 4.78 is 9.62. The molecule has 0 bridgehead atoms. The highest BCUT2D eigenvalue weighted by molar-refractivity contribution is 5.93. The van der Waals surface area contributed by atoms with Crippen molar-refractivity contribution in [1.82, 2.24) is 4.98 Å². The first-order valence-corrected chi connectivity index (χ1v) is 3.95. The standard InChI is InChI=1S/C9H8N2O3/c1-13-8(12)5-2-3-6-7(4-5)14-9(10)11-6/h2-4H,1H3,(H2,10,11). The van der Waals surface area contributed by atoms with Gasteiger partial charge in [-0.2, -0.15) is 4.98 Å². The molecule has 14 heavy (non-hydrogen) atoms. The summed E-state index contributed by atoms with van der Waals surface area (Å²) in [5, 5.41) is 0. The minimum Gasteiger partial charge on any atom is -0.465 e. The number of methoxy groups -OCH3 is 1. The lowest BCUT2D eigenvalue weighted by atomic mass is 10.2. The lowest BCUT2D eigenvalue weighted by Gasteiger charge is -1.96. The Morgan fingerprint density at radius 3 is 3.07 bits per heavy atom. The molecule has 0 unspecified atom stereocenters. The number of ether oxygens (including phenoxy) is 1. The van der Waals surface area contributed by atoms with E-state index in [-0.39, 0.29) is 6.01 Å².